The third-order valence-corrected chi connectivity index (χ3v) is 2.31. The smallest absolute Gasteiger partial charge is 0.342 e. The van der Waals surface area contributed by atoms with E-state index in [4.69, 9.17) is 10.5 Å². The van der Waals surface area contributed by atoms with Gasteiger partial charge in [-0.3, -0.25) is 0 Å². The molecule has 5 heteroatoms. The highest BCUT2D eigenvalue weighted by Crippen LogP contribution is 2.31. The maximum atomic E-state index is 11.7. The van der Waals surface area contributed by atoms with Gasteiger partial charge < -0.3 is 20.6 Å². The molecule has 0 bridgehead atoms. The number of hydrogen-bond acceptors (Lipinski definition) is 4. The first-order chi connectivity index (χ1) is 7.65. The van der Waals surface area contributed by atoms with Crippen molar-refractivity contribution in [2.45, 2.75) is 6.92 Å². The Kier molecular flexibility index (Phi) is 2.44. The molecule has 0 saturated carbocycles. The number of nitrogens with two attached hydrogens (primary N) is 1. The van der Waals surface area contributed by atoms with Crippen molar-refractivity contribution in [1.82, 2.24) is 4.98 Å². The third-order valence-electron chi connectivity index (χ3n) is 2.31. The summed E-state index contributed by atoms with van der Waals surface area (Å²) in [6, 6.07) is 4.90. The van der Waals surface area contributed by atoms with Crippen LogP contribution in [0.5, 0.6) is 5.75 Å². The van der Waals surface area contributed by atoms with E-state index in [2.05, 4.69) is 4.98 Å². The molecule has 0 atom stereocenters. The van der Waals surface area contributed by atoms with Gasteiger partial charge in [-0.25, -0.2) is 4.79 Å². The zero-order valence-corrected chi connectivity index (χ0v) is 8.78. The van der Waals surface area contributed by atoms with Gasteiger partial charge in [-0.05, 0) is 19.1 Å². The lowest BCUT2D eigenvalue weighted by Gasteiger charge is -2.02. The molecule has 16 heavy (non-hydrogen) atoms. The summed E-state index contributed by atoms with van der Waals surface area (Å²) in [6.45, 7) is 1.97. The van der Waals surface area contributed by atoms with Crippen LogP contribution in [0.4, 0.5) is 5.82 Å². The molecule has 5 nitrogen and oxygen atoms in total. The second kappa shape index (κ2) is 3.77. The number of carbonyl (C=O) groups excluding carboxylic acids is 1. The molecular formula is C11H12N2O3. The highest BCUT2D eigenvalue weighted by molar-refractivity contribution is 6.11. The van der Waals surface area contributed by atoms with Gasteiger partial charge in [0.15, 0.2) is 0 Å². The fourth-order valence-corrected chi connectivity index (χ4v) is 1.66. The van der Waals surface area contributed by atoms with Crippen LogP contribution in [0.3, 0.4) is 0 Å². The van der Waals surface area contributed by atoms with Crippen LogP contribution in [0.25, 0.3) is 10.9 Å². The number of aromatic amines is 1. The predicted molar refractivity (Wildman–Crippen MR) is 60.3 cm³/mol. The highest BCUT2D eigenvalue weighted by Gasteiger charge is 2.20. The number of nitrogen functional groups attached to an aromatic ring is 1. The Morgan fingerprint density at radius 2 is 2.31 bits per heavy atom. The molecule has 1 heterocycles. The number of aromatic hydroxyl groups is 1. The molecule has 0 fully saturated rings. The molecule has 1 aromatic heterocycles. The summed E-state index contributed by atoms with van der Waals surface area (Å²) in [4.78, 5) is 14.5. The molecule has 2 aromatic rings. The Morgan fingerprint density at radius 1 is 1.56 bits per heavy atom. The zero-order chi connectivity index (χ0) is 11.7. The number of nitrogens with one attached hydrogen (secondary N) is 1. The van der Waals surface area contributed by atoms with E-state index < -0.39 is 5.97 Å². The minimum atomic E-state index is -0.534. The van der Waals surface area contributed by atoms with Gasteiger partial charge in [-0.2, -0.15) is 0 Å². The molecule has 0 aliphatic rings. The normalized spacial score (nSPS) is 10.6. The maximum Gasteiger partial charge on any atom is 0.342 e. The van der Waals surface area contributed by atoms with Gasteiger partial charge in [-0.15, -0.1) is 0 Å². The molecule has 0 aliphatic carbocycles. The number of hydrogen-bond donors (Lipinski definition) is 3. The van der Waals surface area contributed by atoms with Crippen molar-refractivity contribution in [1.29, 1.82) is 0 Å². The highest BCUT2D eigenvalue weighted by atomic mass is 16.5. The summed E-state index contributed by atoms with van der Waals surface area (Å²) in [5, 5.41) is 10.1. The van der Waals surface area contributed by atoms with Crippen molar-refractivity contribution < 1.29 is 14.6 Å². The first-order valence-electron chi connectivity index (χ1n) is 4.91. The number of esters is 1. The van der Waals surface area contributed by atoms with E-state index in [9.17, 15) is 9.90 Å². The largest absolute Gasteiger partial charge is 0.507 e. The van der Waals surface area contributed by atoms with E-state index in [1.54, 1.807) is 19.1 Å². The number of rotatable bonds is 2. The second-order valence-corrected chi connectivity index (χ2v) is 3.33. The number of anilines is 1. The third kappa shape index (κ3) is 1.46. The quantitative estimate of drug-likeness (QED) is 0.671. The average molecular weight is 220 g/mol. The van der Waals surface area contributed by atoms with E-state index >= 15 is 0 Å². The lowest BCUT2D eigenvalue weighted by molar-refractivity contribution is 0.0529. The molecule has 0 amide bonds. The van der Waals surface area contributed by atoms with E-state index in [1.807, 2.05) is 0 Å². The van der Waals surface area contributed by atoms with Crippen molar-refractivity contribution in [2.75, 3.05) is 12.3 Å². The van der Waals surface area contributed by atoms with E-state index in [-0.39, 0.29) is 23.7 Å². The van der Waals surface area contributed by atoms with Crippen LogP contribution >= 0.6 is 0 Å². The van der Waals surface area contributed by atoms with Gasteiger partial charge in [0.05, 0.1) is 17.5 Å². The van der Waals surface area contributed by atoms with Gasteiger partial charge in [0, 0.05) is 0 Å². The van der Waals surface area contributed by atoms with Gasteiger partial charge in [0.25, 0.3) is 0 Å². The topological polar surface area (TPSA) is 88.3 Å². The van der Waals surface area contributed by atoms with Crippen LogP contribution < -0.4 is 5.73 Å². The lowest BCUT2D eigenvalue weighted by atomic mass is 10.1. The standard InChI is InChI=1S/C11H12N2O3/c1-2-16-11(15)9-8-6(13-10(9)12)4-3-5-7(8)14/h3-5,13-14H,2,12H2,1H3. The Balaban J connectivity index is 2.68. The summed E-state index contributed by atoms with van der Waals surface area (Å²) < 4.78 is 4.88. The Labute approximate surface area is 91.8 Å². The van der Waals surface area contributed by atoms with Crippen molar-refractivity contribution in [3.63, 3.8) is 0 Å². The number of phenolic OH excluding ortho intramolecular Hbond substituents is 1. The maximum absolute atomic E-state index is 11.7. The van der Waals surface area contributed by atoms with Gasteiger partial charge in [0.2, 0.25) is 0 Å². The number of ether oxygens (including phenoxy) is 1. The van der Waals surface area contributed by atoms with E-state index in [0.717, 1.165) is 0 Å². The predicted octanol–water partition coefficient (Wildman–Crippen LogP) is 1.63. The van der Waals surface area contributed by atoms with Crippen molar-refractivity contribution in [3.05, 3.63) is 23.8 Å². The summed E-state index contributed by atoms with van der Waals surface area (Å²) in [7, 11) is 0. The van der Waals surface area contributed by atoms with Crippen molar-refractivity contribution in [2.24, 2.45) is 0 Å². The number of fused-ring (bicyclic) bond motifs is 1. The SMILES string of the molecule is CCOC(=O)c1c(N)[nH]c2cccc(O)c12. The molecule has 0 saturated heterocycles. The molecule has 1 aromatic carbocycles. The van der Waals surface area contributed by atoms with Crippen LogP contribution in [0, 0.1) is 0 Å². The molecule has 84 valence electrons. The lowest BCUT2D eigenvalue weighted by Crippen LogP contribution is -2.06. The number of H-pyrrole nitrogens is 1. The summed E-state index contributed by atoms with van der Waals surface area (Å²) in [5.41, 5.74) is 6.49. The fourth-order valence-electron chi connectivity index (χ4n) is 1.66. The Bertz CT molecular complexity index is 545. The Morgan fingerprint density at radius 3 is 3.00 bits per heavy atom. The number of aromatic nitrogens is 1. The first kappa shape index (κ1) is 10.4. The van der Waals surface area contributed by atoms with E-state index in [1.165, 1.54) is 6.07 Å². The van der Waals surface area contributed by atoms with Gasteiger partial charge in [0.1, 0.15) is 17.1 Å². The summed E-state index contributed by atoms with van der Waals surface area (Å²) >= 11 is 0. The van der Waals surface area contributed by atoms with Gasteiger partial charge >= 0.3 is 5.97 Å². The molecule has 0 unspecified atom stereocenters. The molecule has 0 spiro atoms. The van der Waals surface area contributed by atoms with Crippen molar-refractivity contribution in [3.8, 4) is 5.75 Å². The van der Waals surface area contributed by atoms with Crippen molar-refractivity contribution >= 4 is 22.7 Å². The monoisotopic (exact) mass is 220 g/mol. The Hall–Kier alpha value is -2.17. The fraction of sp³-hybridized carbons (Fsp3) is 0.182. The van der Waals surface area contributed by atoms with Crippen LogP contribution in [0.1, 0.15) is 17.3 Å². The van der Waals surface area contributed by atoms with Crippen LogP contribution in [0.15, 0.2) is 18.2 Å². The summed E-state index contributed by atoms with van der Waals surface area (Å²) in [5.74, 6) is -0.323. The van der Waals surface area contributed by atoms with Gasteiger partial charge in [-0.1, -0.05) is 6.07 Å². The van der Waals surface area contributed by atoms with Crippen LogP contribution in [-0.2, 0) is 4.74 Å². The minimum Gasteiger partial charge on any atom is -0.507 e. The minimum absolute atomic E-state index is 0.00787. The average Bonchev–Trinajstić information content (AvgIpc) is 2.56. The molecule has 0 radical (unpaired) electrons. The van der Waals surface area contributed by atoms with Crippen LogP contribution in [0.2, 0.25) is 0 Å². The van der Waals surface area contributed by atoms with E-state index in [0.29, 0.717) is 10.9 Å². The number of carbonyl (C=O) groups is 1. The van der Waals surface area contributed by atoms with Crippen LogP contribution in [-0.4, -0.2) is 22.7 Å². The molecule has 0 aliphatic heterocycles. The molecular weight excluding hydrogens is 208 g/mol. The molecule has 4 N–H and O–H groups in total. The molecule has 2 rings (SSSR count). The number of phenols is 1. The second-order valence-electron chi connectivity index (χ2n) is 3.33. The summed E-state index contributed by atoms with van der Waals surface area (Å²) in [6.07, 6.45) is 0. The zero-order valence-electron chi connectivity index (χ0n) is 8.78. The first-order valence-corrected chi connectivity index (χ1v) is 4.91. The number of benzene rings is 1.